The van der Waals surface area contributed by atoms with E-state index in [1.807, 2.05) is 58.0 Å². The van der Waals surface area contributed by atoms with Gasteiger partial charge in [0.05, 0.1) is 6.54 Å². The molecule has 9 nitrogen and oxygen atoms in total. The van der Waals surface area contributed by atoms with E-state index in [0.717, 1.165) is 22.4 Å². The Labute approximate surface area is 207 Å². The molecule has 0 unspecified atom stereocenters. The first-order valence-corrected chi connectivity index (χ1v) is 12.2. The molecule has 0 fully saturated rings. The molecule has 2 heterocycles. The first-order valence-electron chi connectivity index (χ1n) is 11.4. The molecule has 0 radical (unpaired) electrons. The zero-order chi connectivity index (χ0) is 25.7. The van der Waals surface area contributed by atoms with Gasteiger partial charge in [-0.1, -0.05) is 51.1 Å². The van der Waals surface area contributed by atoms with Crippen molar-refractivity contribution in [1.82, 2.24) is 9.55 Å². The first-order chi connectivity index (χ1) is 16.6. The smallest absolute Gasteiger partial charge is 0.348 e. The highest BCUT2D eigenvalue weighted by molar-refractivity contribution is 7.14. The third kappa shape index (κ3) is 6.07. The van der Waals surface area contributed by atoms with Crippen LogP contribution < -0.4 is 21.9 Å². The largest absolute Gasteiger partial charge is 0.451 e. The number of aromatic amines is 1. The lowest BCUT2D eigenvalue weighted by Gasteiger charge is -2.26. The topological polar surface area (TPSA) is 127 Å². The zero-order valence-corrected chi connectivity index (χ0v) is 21.1. The quantitative estimate of drug-likeness (QED) is 0.437. The highest BCUT2D eigenvalue weighted by Gasteiger charge is 2.26. The van der Waals surface area contributed by atoms with Gasteiger partial charge in [0.15, 0.2) is 12.3 Å². The Morgan fingerprint density at radius 1 is 1.20 bits per heavy atom. The van der Waals surface area contributed by atoms with Crippen LogP contribution in [0.5, 0.6) is 0 Å². The predicted octanol–water partition coefficient (Wildman–Crippen LogP) is 2.95. The molecule has 35 heavy (non-hydrogen) atoms. The van der Waals surface area contributed by atoms with Crippen molar-refractivity contribution in [3.05, 3.63) is 78.1 Å². The molecule has 3 N–H and O–H groups in total. The molecular formula is C25H30N4O5S. The van der Waals surface area contributed by atoms with Crippen LogP contribution in [0.1, 0.15) is 46.4 Å². The third-order valence-corrected chi connectivity index (χ3v) is 6.75. The number of carbonyl (C=O) groups is 2. The molecule has 0 atom stereocenters. The Hall–Kier alpha value is -3.66. The number of aromatic nitrogens is 2. The Morgan fingerprint density at radius 2 is 1.89 bits per heavy atom. The van der Waals surface area contributed by atoms with Gasteiger partial charge in [-0.2, -0.15) is 0 Å². The van der Waals surface area contributed by atoms with Crippen LogP contribution in [0.25, 0.3) is 0 Å². The highest BCUT2D eigenvalue weighted by Crippen LogP contribution is 2.24. The molecule has 1 amide bonds. The van der Waals surface area contributed by atoms with Crippen LogP contribution in [0.3, 0.4) is 0 Å². The van der Waals surface area contributed by atoms with Crippen molar-refractivity contribution in [2.45, 2.75) is 40.7 Å². The SMILES string of the molecule is CCc1sc(C(=O)OCC(=O)N(CC(C)C)c2c(N)n(Cc3ccccc3)c(=O)[nH]c2=O)cc1C. The van der Waals surface area contributed by atoms with E-state index < -0.39 is 29.7 Å². The van der Waals surface area contributed by atoms with Gasteiger partial charge in [-0.25, -0.2) is 9.59 Å². The molecule has 3 rings (SSSR count). The number of anilines is 2. The van der Waals surface area contributed by atoms with Gasteiger partial charge in [-0.05, 0) is 36.5 Å². The molecule has 3 aromatic rings. The lowest BCUT2D eigenvalue weighted by Crippen LogP contribution is -2.44. The number of nitrogens with zero attached hydrogens (tertiary/aromatic N) is 2. The zero-order valence-electron chi connectivity index (χ0n) is 20.3. The summed E-state index contributed by atoms with van der Waals surface area (Å²) in [6.07, 6.45) is 0.797. The minimum atomic E-state index is -0.779. The second-order valence-electron chi connectivity index (χ2n) is 8.61. The molecule has 2 aromatic heterocycles. The third-order valence-electron chi connectivity index (χ3n) is 5.39. The minimum Gasteiger partial charge on any atom is -0.451 e. The second-order valence-corrected chi connectivity index (χ2v) is 9.75. The van der Waals surface area contributed by atoms with E-state index in [1.165, 1.54) is 20.8 Å². The molecular weight excluding hydrogens is 468 g/mol. The van der Waals surface area contributed by atoms with E-state index in [1.54, 1.807) is 6.07 Å². The maximum Gasteiger partial charge on any atom is 0.348 e. The van der Waals surface area contributed by atoms with Crippen molar-refractivity contribution in [2.75, 3.05) is 23.8 Å². The van der Waals surface area contributed by atoms with Crippen LogP contribution in [-0.2, 0) is 22.5 Å². The molecule has 0 bridgehead atoms. The monoisotopic (exact) mass is 498 g/mol. The Morgan fingerprint density at radius 3 is 2.49 bits per heavy atom. The summed E-state index contributed by atoms with van der Waals surface area (Å²) in [7, 11) is 0. The number of ether oxygens (including phenoxy) is 1. The number of hydrogen-bond acceptors (Lipinski definition) is 7. The fraction of sp³-hybridized carbons (Fsp3) is 0.360. The van der Waals surface area contributed by atoms with Gasteiger partial charge in [-0.15, -0.1) is 11.3 Å². The number of amides is 1. The summed E-state index contributed by atoms with van der Waals surface area (Å²) in [5, 5.41) is 0. The van der Waals surface area contributed by atoms with Gasteiger partial charge in [0, 0.05) is 11.4 Å². The molecule has 186 valence electrons. The van der Waals surface area contributed by atoms with Crippen LogP contribution >= 0.6 is 11.3 Å². The van der Waals surface area contributed by atoms with E-state index in [2.05, 4.69) is 4.98 Å². The molecule has 10 heteroatoms. The number of aryl methyl sites for hydroxylation is 2. The Balaban J connectivity index is 1.90. The maximum absolute atomic E-state index is 13.2. The maximum atomic E-state index is 13.2. The van der Waals surface area contributed by atoms with Gasteiger partial charge < -0.3 is 15.4 Å². The fourth-order valence-electron chi connectivity index (χ4n) is 3.69. The lowest BCUT2D eigenvalue weighted by molar-refractivity contribution is -0.121. The number of benzene rings is 1. The summed E-state index contributed by atoms with van der Waals surface area (Å²) in [5.74, 6) is -1.39. The molecule has 0 spiro atoms. The average molecular weight is 499 g/mol. The number of carbonyl (C=O) groups excluding carboxylic acids is 2. The fourth-order valence-corrected chi connectivity index (χ4v) is 4.70. The van der Waals surface area contributed by atoms with Crippen LogP contribution in [0.15, 0.2) is 46.0 Å². The molecule has 0 saturated carbocycles. The first kappa shape index (κ1) is 26.0. The van der Waals surface area contributed by atoms with Crippen molar-refractivity contribution < 1.29 is 14.3 Å². The average Bonchev–Trinajstić information content (AvgIpc) is 3.20. The van der Waals surface area contributed by atoms with Crippen molar-refractivity contribution >= 4 is 34.7 Å². The van der Waals surface area contributed by atoms with Gasteiger partial charge in [0.1, 0.15) is 10.7 Å². The Bertz CT molecular complexity index is 1320. The second kappa shape index (κ2) is 11.2. The van der Waals surface area contributed by atoms with Crippen molar-refractivity contribution in [3.8, 4) is 0 Å². The number of nitrogens with two attached hydrogens (primary N) is 1. The molecule has 0 aliphatic rings. The number of nitrogens with one attached hydrogen (secondary N) is 1. The van der Waals surface area contributed by atoms with Crippen LogP contribution in [-0.4, -0.2) is 34.6 Å². The predicted molar refractivity (Wildman–Crippen MR) is 137 cm³/mol. The summed E-state index contributed by atoms with van der Waals surface area (Å²) < 4.78 is 6.48. The van der Waals surface area contributed by atoms with Crippen molar-refractivity contribution in [2.24, 2.45) is 5.92 Å². The normalized spacial score (nSPS) is 11.0. The molecule has 0 aliphatic carbocycles. The lowest BCUT2D eigenvalue weighted by atomic mass is 10.2. The van der Waals surface area contributed by atoms with E-state index in [-0.39, 0.29) is 30.5 Å². The molecule has 0 saturated heterocycles. The van der Waals surface area contributed by atoms with Gasteiger partial charge in [0.25, 0.3) is 11.5 Å². The summed E-state index contributed by atoms with van der Waals surface area (Å²) in [6, 6.07) is 10.9. The standard InChI is InChI=1S/C25H30N4O5S/c1-5-18-16(4)11-19(35-18)24(32)34-14-20(30)28(12-15(2)3)21-22(26)29(25(33)27-23(21)31)13-17-9-7-6-8-10-17/h6-11,15H,5,12-14,26H2,1-4H3,(H,27,31,33). The molecule has 1 aromatic carbocycles. The number of H-pyrrole nitrogens is 1. The van der Waals surface area contributed by atoms with Gasteiger partial charge in [0.2, 0.25) is 0 Å². The number of thiophene rings is 1. The molecule has 0 aliphatic heterocycles. The van der Waals surface area contributed by atoms with Crippen molar-refractivity contribution in [1.29, 1.82) is 0 Å². The number of rotatable bonds is 9. The number of hydrogen-bond donors (Lipinski definition) is 2. The van der Waals surface area contributed by atoms with Crippen LogP contribution in [0.2, 0.25) is 0 Å². The highest BCUT2D eigenvalue weighted by atomic mass is 32.1. The summed E-state index contributed by atoms with van der Waals surface area (Å²) in [4.78, 5) is 55.9. The number of esters is 1. The van der Waals surface area contributed by atoms with Crippen molar-refractivity contribution in [3.63, 3.8) is 0 Å². The summed E-state index contributed by atoms with van der Waals surface area (Å²) in [6.45, 7) is 7.35. The van der Waals surface area contributed by atoms with E-state index in [4.69, 9.17) is 10.5 Å². The summed E-state index contributed by atoms with van der Waals surface area (Å²) >= 11 is 1.33. The van der Waals surface area contributed by atoms with E-state index in [9.17, 15) is 19.2 Å². The number of nitrogen functional groups attached to an aromatic ring is 1. The van der Waals surface area contributed by atoms with Gasteiger partial charge >= 0.3 is 11.7 Å². The van der Waals surface area contributed by atoms with E-state index in [0.29, 0.717) is 4.88 Å². The summed E-state index contributed by atoms with van der Waals surface area (Å²) in [5.41, 5.74) is 6.47. The van der Waals surface area contributed by atoms with Gasteiger partial charge in [-0.3, -0.25) is 19.1 Å². The van der Waals surface area contributed by atoms with Crippen LogP contribution in [0.4, 0.5) is 11.5 Å². The minimum absolute atomic E-state index is 0.0324. The Kier molecular flexibility index (Phi) is 8.29. The van der Waals surface area contributed by atoms with E-state index >= 15 is 0 Å². The van der Waals surface area contributed by atoms with Crippen LogP contribution in [0, 0.1) is 12.8 Å².